The van der Waals surface area contributed by atoms with E-state index in [4.69, 9.17) is 19.8 Å². The first-order valence-electron chi connectivity index (χ1n) is 5.84. The summed E-state index contributed by atoms with van der Waals surface area (Å²) in [5.74, 6) is 0.0766. The number of rotatable bonds is 4. The summed E-state index contributed by atoms with van der Waals surface area (Å²) in [6, 6.07) is 11.2. The Kier molecular flexibility index (Phi) is 4.45. The monoisotopic (exact) mass is 347 g/mol. The molecule has 5 nitrogen and oxygen atoms in total. The third kappa shape index (κ3) is 3.33. The van der Waals surface area contributed by atoms with Crippen LogP contribution in [0, 0.1) is 11.3 Å². The summed E-state index contributed by atoms with van der Waals surface area (Å²) in [7, 11) is 1.51. The molecule has 21 heavy (non-hydrogen) atoms. The molecule has 0 amide bonds. The van der Waals surface area contributed by atoms with Crippen LogP contribution in [0.15, 0.2) is 40.9 Å². The standard InChI is InChI=1S/C15H10BrNO4/c1-20-11-4-2-10(8-17)13(7-11)21-14-6-9(15(18)19)3-5-12(14)16/h2-7H,1H3,(H,18,19). The highest BCUT2D eigenvalue weighted by atomic mass is 79.9. The average molecular weight is 348 g/mol. The molecular weight excluding hydrogens is 338 g/mol. The summed E-state index contributed by atoms with van der Waals surface area (Å²) in [6.45, 7) is 0. The van der Waals surface area contributed by atoms with Gasteiger partial charge in [0.2, 0.25) is 0 Å². The summed E-state index contributed by atoms with van der Waals surface area (Å²) in [4.78, 5) is 11.0. The second kappa shape index (κ2) is 6.29. The number of benzene rings is 2. The number of nitriles is 1. The van der Waals surface area contributed by atoms with Gasteiger partial charge in [-0.05, 0) is 46.3 Å². The quantitative estimate of drug-likeness (QED) is 0.909. The maximum atomic E-state index is 11.0. The highest BCUT2D eigenvalue weighted by molar-refractivity contribution is 9.10. The van der Waals surface area contributed by atoms with Crippen LogP contribution in [0.5, 0.6) is 17.2 Å². The Morgan fingerprint density at radius 1 is 1.24 bits per heavy atom. The summed E-state index contributed by atoms with van der Waals surface area (Å²) < 4.78 is 11.3. The van der Waals surface area contributed by atoms with Crippen LogP contribution in [0.3, 0.4) is 0 Å². The number of hydrogen-bond acceptors (Lipinski definition) is 4. The summed E-state index contributed by atoms with van der Waals surface area (Å²) in [6.07, 6.45) is 0. The lowest BCUT2D eigenvalue weighted by molar-refractivity contribution is 0.0696. The van der Waals surface area contributed by atoms with Gasteiger partial charge in [0.15, 0.2) is 0 Å². The molecule has 0 saturated carbocycles. The molecule has 0 unspecified atom stereocenters. The Bertz CT molecular complexity index is 737. The highest BCUT2D eigenvalue weighted by Gasteiger charge is 2.12. The second-order valence-electron chi connectivity index (χ2n) is 4.03. The van der Waals surface area contributed by atoms with Gasteiger partial charge in [0.25, 0.3) is 0 Å². The van der Waals surface area contributed by atoms with E-state index in [0.717, 1.165) is 0 Å². The van der Waals surface area contributed by atoms with Crippen LogP contribution < -0.4 is 9.47 Å². The SMILES string of the molecule is COc1ccc(C#N)c(Oc2cc(C(=O)O)ccc2Br)c1. The van der Waals surface area contributed by atoms with Crippen molar-refractivity contribution in [1.82, 2.24) is 0 Å². The molecule has 0 atom stereocenters. The average Bonchev–Trinajstić information content (AvgIpc) is 2.49. The topological polar surface area (TPSA) is 79.5 Å². The fraction of sp³-hybridized carbons (Fsp3) is 0.0667. The van der Waals surface area contributed by atoms with E-state index in [1.54, 1.807) is 24.3 Å². The third-order valence-corrected chi connectivity index (χ3v) is 3.36. The van der Waals surface area contributed by atoms with Crippen molar-refractivity contribution in [2.75, 3.05) is 7.11 Å². The minimum absolute atomic E-state index is 0.0922. The maximum absolute atomic E-state index is 11.0. The van der Waals surface area contributed by atoms with Crippen molar-refractivity contribution < 1.29 is 19.4 Å². The molecule has 0 aliphatic heterocycles. The fourth-order valence-corrected chi connectivity index (χ4v) is 1.97. The number of carboxylic acid groups (broad SMARTS) is 1. The number of methoxy groups -OCH3 is 1. The van der Waals surface area contributed by atoms with Gasteiger partial charge in [-0.15, -0.1) is 0 Å². The van der Waals surface area contributed by atoms with Crippen molar-refractivity contribution in [1.29, 1.82) is 5.26 Å². The van der Waals surface area contributed by atoms with Crippen LogP contribution in [0.25, 0.3) is 0 Å². The second-order valence-corrected chi connectivity index (χ2v) is 4.88. The first-order valence-corrected chi connectivity index (χ1v) is 6.63. The Morgan fingerprint density at radius 2 is 2.00 bits per heavy atom. The van der Waals surface area contributed by atoms with E-state index in [0.29, 0.717) is 27.3 Å². The molecule has 2 aromatic carbocycles. The summed E-state index contributed by atoms with van der Waals surface area (Å²) in [5.41, 5.74) is 0.415. The number of hydrogen-bond donors (Lipinski definition) is 1. The minimum atomic E-state index is -1.06. The number of halogens is 1. The van der Waals surface area contributed by atoms with Crippen LogP contribution in [0.4, 0.5) is 0 Å². The van der Waals surface area contributed by atoms with Crippen LogP contribution in [0.2, 0.25) is 0 Å². The predicted octanol–water partition coefficient (Wildman–Crippen LogP) is 3.82. The Hall–Kier alpha value is -2.52. The Labute approximate surface area is 129 Å². The van der Waals surface area contributed by atoms with E-state index in [9.17, 15) is 4.79 Å². The number of carbonyl (C=O) groups is 1. The van der Waals surface area contributed by atoms with Crippen molar-refractivity contribution in [3.63, 3.8) is 0 Å². The lowest BCUT2D eigenvalue weighted by atomic mass is 10.2. The first kappa shape index (κ1) is 14.9. The minimum Gasteiger partial charge on any atom is -0.497 e. The number of ether oxygens (including phenoxy) is 2. The molecule has 0 aliphatic carbocycles. The zero-order valence-corrected chi connectivity index (χ0v) is 12.5. The van der Waals surface area contributed by atoms with Gasteiger partial charge in [0.05, 0.1) is 22.7 Å². The highest BCUT2D eigenvalue weighted by Crippen LogP contribution is 2.34. The molecule has 0 radical (unpaired) electrons. The molecule has 2 aromatic rings. The van der Waals surface area contributed by atoms with Gasteiger partial charge in [-0.1, -0.05) is 0 Å². The molecule has 2 rings (SSSR count). The van der Waals surface area contributed by atoms with Crippen molar-refractivity contribution in [2.24, 2.45) is 0 Å². The molecular formula is C15H10BrNO4. The van der Waals surface area contributed by atoms with Crippen LogP contribution in [-0.2, 0) is 0 Å². The molecule has 6 heteroatoms. The van der Waals surface area contributed by atoms with E-state index < -0.39 is 5.97 Å². The molecule has 0 aromatic heterocycles. The summed E-state index contributed by atoms with van der Waals surface area (Å²) >= 11 is 3.29. The van der Waals surface area contributed by atoms with Gasteiger partial charge in [0.1, 0.15) is 23.3 Å². The maximum Gasteiger partial charge on any atom is 0.335 e. The molecule has 0 saturated heterocycles. The molecule has 0 fully saturated rings. The molecule has 0 bridgehead atoms. The van der Waals surface area contributed by atoms with E-state index >= 15 is 0 Å². The Balaban J connectivity index is 2.44. The van der Waals surface area contributed by atoms with Crippen LogP contribution >= 0.6 is 15.9 Å². The fourth-order valence-electron chi connectivity index (χ4n) is 1.64. The van der Waals surface area contributed by atoms with Crippen LogP contribution in [-0.4, -0.2) is 18.2 Å². The molecule has 0 heterocycles. The van der Waals surface area contributed by atoms with Crippen LogP contribution in [0.1, 0.15) is 15.9 Å². The lowest BCUT2D eigenvalue weighted by Gasteiger charge is -2.11. The van der Waals surface area contributed by atoms with E-state index in [1.165, 1.54) is 19.2 Å². The lowest BCUT2D eigenvalue weighted by Crippen LogP contribution is -1.97. The number of aromatic carboxylic acids is 1. The van der Waals surface area contributed by atoms with Crippen molar-refractivity contribution in [3.05, 3.63) is 52.0 Å². The van der Waals surface area contributed by atoms with Gasteiger partial charge in [0, 0.05) is 6.07 Å². The van der Waals surface area contributed by atoms with Gasteiger partial charge in [-0.3, -0.25) is 0 Å². The Morgan fingerprint density at radius 3 is 2.62 bits per heavy atom. The van der Waals surface area contributed by atoms with E-state index in [-0.39, 0.29) is 5.56 Å². The first-order chi connectivity index (χ1) is 10.0. The van der Waals surface area contributed by atoms with Gasteiger partial charge in [-0.2, -0.15) is 5.26 Å². The molecule has 0 spiro atoms. The number of nitrogens with zero attached hydrogens (tertiary/aromatic N) is 1. The van der Waals surface area contributed by atoms with Gasteiger partial charge < -0.3 is 14.6 Å². The smallest absolute Gasteiger partial charge is 0.335 e. The van der Waals surface area contributed by atoms with Gasteiger partial charge >= 0.3 is 5.97 Å². The zero-order valence-electron chi connectivity index (χ0n) is 11.0. The van der Waals surface area contributed by atoms with E-state index in [1.807, 2.05) is 6.07 Å². The molecule has 1 N–H and O–H groups in total. The van der Waals surface area contributed by atoms with Gasteiger partial charge in [-0.25, -0.2) is 4.79 Å². The molecule has 106 valence electrons. The normalized spacial score (nSPS) is 9.76. The predicted molar refractivity (Wildman–Crippen MR) is 78.9 cm³/mol. The zero-order chi connectivity index (χ0) is 15.4. The number of carboxylic acids is 1. The third-order valence-electron chi connectivity index (χ3n) is 2.71. The summed E-state index contributed by atoms with van der Waals surface area (Å²) in [5, 5.41) is 18.1. The molecule has 0 aliphatic rings. The van der Waals surface area contributed by atoms with Crippen molar-refractivity contribution in [2.45, 2.75) is 0 Å². The van der Waals surface area contributed by atoms with E-state index in [2.05, 4.69) is 15.9 Å². The van der Waals surface area contributed by atoms with Crippen molar-refractivity contribution >= 4 is 21.9 Å². The van der Waals surface area contributed by atoms with Crippen molar-refractivity contribution in [3.8, 4) is 23.3 Å². The largest absolute Gasteiger partial charge is 0.497 e.